The van der Waals surface area contributed by atoms with Gasteiger partial charge in [-0.15, -0.1) is 0 Å². The van der Waals surface area contributed by atoms with Gasteiger partial charge in [-0.1, -0.05) is 24.3 Å². The van der Waals surface area contributed by atoms with Crippen LogP contribution in [-0.4, -0.2) is 29.2 Å². The van der Waals surface area contributed by atoms with Crippen LogP contribution >= 0.6 is 0 Å². The van der Waals surface area contributed by atoms with E-state index in [2.05, 4.69) is 9.72 Å². The Morgan fingerprint density at radius 2 is 2.15 bits per heavy atom. The van der Waals surface area contributed by atoms with Crippen molar-refractivity contribution in [1.29, 1.82) is 0 Å². The zero-order valence-corrected chi connectivity index (χ0v) is 11.5. The Kier molecular flexibility index (Phi) is 4.90. The van der Waals surface area contributed by atoms with Crippen molar-refractivity contribution in [2.24, 2.45) is 5.73 Å². The van der Waals surface area contributed by atoms with Crippen LogP contribution < -0.4 is 5.73 Å². The molecule has 1 atom stereocenters. The van der Waals surface area contributed by atoms with Crippen molar-refractivity contribution in [3.05, 3.63) is 54.1 Å². The van der Waals surface area contributed by atoms with Gasteiger partial charge in [0.25, 0.3) is 0 Å². The molecule has 0 radical (unpaired) electrons. The summed E-state index contributed by atoms with van der Waals surface area (Å²) in [5.41, 5.74) is 8.08. The number of carbonyl (C=O) groups is 1. The van der Waals surface area contributed by atoms with Gasteiger partial charge >= 0.3 is 5.97 Å². The summed E-state index contributed by atoms with van der Waals surface area (Å²) >= 11 is 0. The summed E-state index contributed by atoms with van der Waals surface area (Å²) in [7, 11) is 1.41. The van der Waals surface area contributed by atoms with Crippen molar-refractivity contribution in [3.8, 4) is 0 Å². The molecule has 1 heterocycles. The molecule has 0 amide bonds. The molecule has 0 aliphatic heterocycles. The Morgan fingerprint density at radius 3 is 2.70 bits per heavy atom. The number of aryl methyl sites for hydroxylation is 1. The molecule has 2 rings (SSSR count). The smallest absolute Gasteiger partial charge is 0.305 e. The third kappa shape index (κ3) is 3.45. The van der Waals surface area contributed by atoms with Crippen LogP contribution in [0.25, 0.3) is 0 Å². The van der Waals surface area contributed by atoms with Gasteiger partial charge < -0.3 is 15.0 Å². The summed E-state index contributed by atoms with van der Waals surface area (Å²) in [6.45, 7) is 0.512. The van der Waals surface area contributed by atoms with E-state index in [1.54, 1.807) is 12.5 Å². The van der Waals surface area contributed by atoms with Crippen LogP contribution in [0.3, 0.4) is 0 Å². The maximum atomic E-state index is 11.1. The molecule has 20 heavy (non-hydrogen) atoms. The molecule has 0 fully saturated rings. The van der Waals surface area contributed by atoms with Crippen LogP contribution in [0.1, 0.15) is 23.6 Å². The highest BCUT2D eigenvalue weighted by Gasteiger charge is 2.11. The lowest BCUT2D eigenvalue weighted by molar-refractivity contribution is -0.140. The molecule has 0 saturated heterocycles. The van der Waals surface area contributed by atoms with E-state index in [4.69, 9.17) is 5.73 Å². The molecule has 1 aromatic carbocycles. The summed E-state index contributed by atoms with van der Waals surface area (Å²) in [4.78, 5) is 15.2. The minimum Gasteiger partial charge on any atom is -0.469 e. The second-order valence-corrected chi connectivity index (χ2v) is 4.58. The number of imidazole rings is 1. The maximum Gasteiger partial charge on any atom is 0.305 e. The van der Waals surface area contributed by atoms with Crippen molar-refractivity contribution in [2.45, 2.75) is 18.9 Å². The van der Waals surface area contributed by atoms with Crippen LogP contribution in [0.2, 0.25) is 0 Å². The lowest BCUT2D eigenvalue weighted by Crippen LogP contribution is -2.19. The number of esters is 1. The fraction of sp³-hybridized carbons (Fsp3) is 0.333. The van der Waals surface area contributed by atoms with Gasteiger partial charge in [-0.05, 0) is 17.5 Å². The third-order valence-corrected chi connectivity index (χ3v) is 3.32. The van der Waals surface area contributed by atoms with E-state index in [-0.39, 0.29) is 12.0 Å². The monoisotopic (exact) mass is 273 g/mol. The van der Waals surface area contributed by atoms with Crippen LogP contribution in [-0.2, 0) is 16.0 Å². The topological polar surface area (TPSA) is 70.1 Å². The summed E-state index contributed by atoms with van der Waals surface area (Å²) in [6, 6.07) is 8.23. The molecule has 106 valence electrons. The first kappa shape index (κ1) is 14.3. The van der Waals surface area contributed by atoms with Crippen LogP contribution in [0, 0.1) is 0 Å². The number of hydrogen-bond donors (Lipinski definition) is 1. The predicted molar refractivity (Wildman–Crippen MR) is 76.2 cm³/mol. The molecule has 5 heteroatoms. The Morgan fingerprint density at radius 1 is 1.40 bits per heavy atom. The van der Waals surface area contributed by atoms with E-state index < -0.39 is 0 Å². The molecule has 2 N–H and O–H groups in total. The van der Waals surface area contributed by atoms with Crippen molar-refractivity contribution in [2.75, 3.05) is 13.7 Å². The van der Waals surface area contributed by atoms with Gasteiger partial charge in [-0.25, -0.2) is 4.98 Å². The van der Waals surface area contributed by atoms with E-state index in [1.165, 1.54) is 7.11 Å². The fourth-order valence-electron chi connectivity index (χ4n) is 2.14. The highest BCUT2D eigenvalue weighted by Crippen LogP contribution is 2.18. The Balaban J connectivity index is 2.05. The van der Waals surface area contributed by atoms with E-state index >= 15 is 0 Å². The molecule has 0 aliphatic rings. The second kappa shape index (κ2) is 6.86. The SMILES string of the molecule is COC(=O)CCc1ccc(C(CN)n2ccnc2)cc1. The van der Waals surface area contributed by atoms with Gasteiger partial charge in [0, 0.05) is 25.4 Å². The number of benzene rings is 1. The largest absolute Gasteiger partial charge is 0.469 e. The zero-order valence-electron chi connectivity index (χ0n) is 11.5. The van der Waals surface area contributed by atoms with Crippen molar-refractivity contribution in [1.82, 2.24) is 9.55 Å². The first-order valence-corrected chi connectivity index (χ1v) is 6.57. The molecular weight excluding hydrogens is 254 g/mol. The van der Waals surface area contributed by atoms with Gasteiger partial charge in [-0.3, -0.25) is 4.79 Å². The Hall–Kier alpha value is -2.14. The lowest BCUT2D eigenvalue weighted by Gasteiger charge is -2.17. The maximum absolute atomic E-state index is 11.1. The van der Waals surface area contributed by atoms with Gasteiger partial charge in [0.1, 0.15) is 0 Å². The molecule has 0 aliphatic carbocycles. The number of hydrogen-bond acceptors (Lipinski definition) is 4. The number of rotatable bonds is 6. The minimum atomic E-state index is -0.188. The van der Waals surface area contributed by atoms with E-state index in [0.717, 1.165) is 11.1 Å². The second-order valence-electron chi connectivity index (χ2n) is 4.58. The quantitative estimate of drug-likeness (QED) is 0.810. The van der Waals surface area contributed by atoms with Gasteiger partial charge in [0.15, 0.2) is 0 Å². The molecule has 1 aromatic heterocycles. The third-order valence-electron chi connectivity index (χ3n) is 3.32. The number of carbonyl (C=O) groups excluding carboxylic acids is 1. The summed E-state index contributed by atoms with van der Waals surface area (Å²) < 4.78 is 6.62. The zero-order chi connectivity index (χ0) is 14.4. The van der Waals surface area contributed by atoms with Gasteiger partial charge in [-0.2, -0.15) is 0 Å². The minimum absolute atomic E-state index is 0.0900. The molecule has 0 saturated carbocycles. The van der Waals surface area contributed by atoms with Crippen molar-refractivity contribution < 1.29 is 9.53 Å². The van der Waals surface area contributed by atoms with E-state index in [1.807, 2.05) is 35.0 Å². The van der Waals surface area contributed by atoms with Crippen LogP contribution in [0.4, 0.5) is 0 Å². The van der Waals surface area contributed by atoms with Crippen LogP contribution in [0.15, 0.2) is 43.0 Å². The number of nitrogens with zero attached hydrogens (tertiary/aromatic N) is 2. The molecule has 0 spiro atoms. The average Bonchev–Trinajstić information content (AvgIpc) is 3.01. The standard InChI is InChI=1S/C15H19N3O2/c1-20-15(19)7-4-12-2-5-13(6-3-12)14(10-16)18-9-8-17-11-18/h2-3,5-6,8-9,11,14H,4,7,10,16H2,1H3. The van der Waals surface area contributed by atoms with Gasteiger partial charge in [0.05, 0.1) is 19.5 Å². The van der Waals surface area contributed by atoms with E-state index in [9.17, 15) is 4.79 Å². The first-order chi connectivity index (χ1) is 9.74. The fourth-order valence-corrected chi connectivity index (χ4v) is 2.14. The Labute approximate surface area is 118 Å². The highest BCUT2D eigenvalue weighted by atomic mass is 16.5. The molecule has 1 unspecified atom stereocenters. The number of aromatic nitrogens is 2. The lowest BCUT2D eigenvalue weighted by atomic mass is 10.0. The number of methoxy groups -OCH3 is 1. The molecule has 5 nitrogen and oxygen atoms in total. The average molecular weight is 273 g/mol. The summed E-state index contributed by atoms with van der Waals surface area (Å²) in [5.74, 6) is -0.188. The predicted octanol–water partition coefficient (Wildman–Crippen LogP) is 1.54. The molecular formula is C15H19N3O2. The first-order valence-electron chi connectivity index (χ1n) is 6.57. The van der Waals surface area contributed by atoms with Crippen molar-refractivity contribution in [3.63, 3.8) is 0 Å². The molecule has 2 aromatic rings. The van der Waals surface area contributed by atoms with Crippen molar-refractivity contribution >= 4 is 5.97 Å². The summed E-state index contributed by atoms with van der Waals surface area (Å²) in [6.07, 6.45) is 6.50. The number of nitrogens with two attached hydrogens (primary N) is 1. The van der Waals surface area contributed by atoms with E-state index in [0.29, 0.717) is 19.4 Å². The molecule has 0 bridgehead atoms. The van der Waals surface area contributed by atoms with Crippen LogP contribution in [0.5, 0.6) is 0 Å². The normalized spacial score (nSPS) is 12.1. The Bertz CT molecular complexity index is 535. The highest BCUT2D eigenvalue weighted by molar-refractivity contribution is 5.69. The summed E-state index contributed by atoms with van der Waals surface area (Å²) in [5, 5.41) is 0. The number of ether oxygens (including phenoxy) is 1. The van der Waals surface area contributed by atoms with Gasteiger partial charge in [0.2, 0.25) is 0 Å².